The Morgan fingerprint density at radius 3 is 2.14 bits per heavy atom. The van der Waals surface area contributed by atoms with Crippen molar-refractivity contribution in [2.75, 3.05) is 0 Å². The highest BCUT2D eigenvalue weighted by Gasteiger charge is 2.30. The first kappa shape index (κ1) is 22.4. The summed E-state index contributed by atoms with van der Waals surface area (Å²) in [6.45, 7) is 5.04. The van der Waals surface area contributed by atoms with Gasteiger partial charge in [0, 0.05) is 23.1 Å². The Bertz CT molecular complexity index is 870. The predicted molar refractivity (Wildman–Crippen MR) is 102 cm³/mol. The van der Waals surface area contributed by atoms with Gasteiger partial charge in [0.1, 0.15) is 10.7 Å². The lowest BCUT2D eigenvalue weighted by molar-refractivity contribution is -0.688. The van der Waals surface area contributed by atoms with Crippen LogP contribution in [0.1, 0.15) is 49.4 Å². The molecule has 2 nitrogen and oxygen atoms in total. The molecule has 2 aromatic heterocycles. The van der Waals surface area contributed by atoms with Crippen molar-refractivity contribution >= 4 is 11.3 Å². The maximum atomic E-state index is 12.7. The third kappa shape index (κ3) is 5.32. The van der Waals surface area contributed by atoms with Gasteiger partial charge in [0.05, 0.1) is 5.56 Å². The van der Waals surface area contributed by atoms with Crippen LogP contribution in [0.3, 0.4) is 0 Å². The molecule has 0 bridgehead atoms. The van der Waals surface area contributed by atoms with Gasteiger partial charge in [0.15, 0.2) is 18.9 Å². The van der Waals surface area contributed by atoms with Crippen molar-refractivity contribution < 1.29 is 30.1 Å². The van der Waals surface area contributed by atoms with Gasteiger partial charge in [-0.05, 0) is 36.5 Å². The van der Waals surface area contributed by atoms with Crippen LogP contribution in [-0.2, 0) is 12.7 Å². The van der Waals surface area contributed by atoms with Gasteiger partial charge in [-0.15, -0.1) is 11.3 Å². The summed E-state index contributed by atoms with van der Waals surface area (Å²) in [6, 6.07) is 9.46. The van der Waals surface area contributed by atoms with Gasteiger partial charge in [-0.3, -0.25) is 0 Å². The minimum Gasteiger partial charge on any atom is -1.00 e. The van der Waals surface area contributed by atoms with Gasteiger partial charge < -0.3 is 12.4 Å². The fourth-order valence-electron chi connectivity index (χ4n) is 3.11. The molecule has 3 rings (SSSR count). The van der Waals surface area contributed by atoms with Crippen molar-refractivity contribution in [3.63, 3.8) is 0 Å². The molecular formula is C21H22ClF3N2S. The van der Waals surface area contributed by atoms with E-state index >= 15 is 0 Å². The first-order valence-corrected chi connectivity index (χ1v) is 9.89. The van der Waals surface area contributed by atoms with Crippen molar-refractivity contribution in [2.45, 2.75) is 45.3 Å². The molecule has 1 aromatic carbocycles. The summed E-state index contributed by atoms with van der Waals surface area (Å²) in [4.78, 5) is 4.57. The minimum atomic E-state index is -4.32. The fraction of sp³-hybridized carbons (Fsp3) is 0.333. The molecule has 0 unspecified atom stereocenters. The maximum Gasteiger partial charge on any atom is 0.416 e. The Labute approximate surface area is 173 Å². The van der Waals surface area contributed by atoms with Crippen LogP contribution in [-0.4, -0.2) is 4.98 Å². The largest absolute Gasteiger partial charge is 1.00 e. The summed E-state index contributed by atoms with van der Waals surface area (Å²) in [7, 11) is 0. The number of aromatic nitrogens is 2. The van der Waals surface area contributed by atoms with E-state index in [0.29, 0.717) is 18.0 Å². The first-order chi connectivity index (χ1) is 12.9. The van der Waals surface area contributed by atoms with E-state index in [1.165, 1.54) is 29.0 Å². The van der Waals surface area contributed by atoms with Crippen molar-refractivity contribution in [3.05, 3.63) is 71.0 Å². The highest BCUT2D eigenvalue weighted by molar-refractivity contribution is 7.13. The van der Waals surface area contributed by atoms with Crippen molar-refractivity contribution in [2.24, 2.45) is 0 Å². The van der Waals surface area contributed by atoms with Gasteiger partial charge in [-0.2, -0.15) is 17.7 Å². The second-order valence-corrected chi connectivity index (χ2v) is 7.39. The molecule has 0 aliphatic carbocycles. The summed E-state index contributed by atoms with van der Waals surface area (Å²) < 4.78 is 40.1. The molecule has 28 heavy (non-hydrogen) atoms. The third-order valence-electron chi connectivity index (χ3n) is 4.73. The monoisotopic (exact) mass is 426 g/mol. The number of alkyl halides is 3. The molecule has 0 aliphatic rings. The highest BCUT2D eigenvalue weighted by atomic mass is 35.5. The minimum absolute atomic E-state index is 0. The van der Waals surface area contributed by atoms with Gasteiger partial charge in [-0.1, -0.05) is 26.0 Å². The van der Waals surface area contributed by atoms with E-state index in [1.807, 2.05) is 5.38 Å². The molecule has 0 N–H and O–H groups in total. The van der Waals surface area contributed by atoms with Crippen LogP contribution in [0.5, 0.6) is 0 Å². The van der Waals surface area contributed by atoms with Crippen molar-refractivity contribution in [3.8, 4) is 10.6 Å². The Kier molecular flexibility index (Phi) is 7.61. The summed E-state index contributed by atoms with van der Waals surface area (Å²) >= 11 is 1.44. The van der Waals surface area contributed by atoms with E-state index in [4.69, 9.17) is 0 Å². The van der Waals surface area contributed by atoms with Crippen LogP contribution in [0.25, 0.3) is 10.6 Å². The molecule has 0 atom stereocenters. The maximum absolute atomic E-state index is 12.7. The van der Waals surface area contributed by atoms with Crippen molar-refractivity contribution in [1.82, 2.24) is 4.98 Å². The molecule has 0 spiro atoms. The van der Waals surface area contributed by atoms with Crippen LogP contribution in [0.4, 0.5) is 13.2 Å². The Morgan fingerprint density at radius 2 is 1.61 bits per heavy atom. The molecule has 3 aromatic rings. The quantitative estimate of drug-likeness (QED) is 0.553. The highest BCUT2D eigenvalue weighted by Crippen LogP contribution is 2.31. The summed E-state index contributed by atoms with van der Waals surface area (Å²) in [5, 5.41) is 2.68. The lowest BCUT2D eigenvalue weighted by Crippen LogP contribution is -3.00. The molecule has 0 fully saturated rings. The zero-order valence-corrected chi connectivity index (χ0v) is 17.3. The van der Waals surface area contributed by atoms with Crippen LogP contribution in [0, 0.1) is 0 Å². The molecule has 7 heteroatoms. The topological polar surface area (TPSA) is 16.8 Å². The summed E-state index contributed by atoms with van der Waals surface area (Å²) in [5.74, 6) is 0.588. The van der Waals surface area contributed by atoms with Crippen LogP contribution in [0.15, 0.2) is 54.2 Å². The van der Waals surface area contributed by atoms with Gasteiger partial charge >= 0.3 is 6.18 Å². The predicted octanol–water partition coefficient (Wildman–Crippen LogP) is 3.07. The number of pyridine rings is 1. The number of thiazole rings is 1. The number of hydrogen-bond donors (Lipinski definition) is 0. The second-order valence-electron chi connectivity index (χ2n) is 6.54. The fourth-order valence-corrected chi connectivity index (χ4v) is 3.92. The first-order valence-electron chi connectivity index (χ1n) is 9.01. The molecule has 150 valence electrons. The van der Waals surface area contributed by atoms with E-state index in [2.05, 4.69) is 47.9 Å². The zero-order chi connectivity index (χ0) is 19.4. The van der Waals surface area contributed by atoms with Gasteiger partial charge in [0.2, 0.25) is 0 Å². The van der Waals surface area contributed by atoms with Gasteiger partial charge in [-0.25, -0.2) is 4.98 Å². The van der Waals surface area contributed by atoms with Crippen LogP contribution >= 0.6 is 11.3 Å². The normalized spacial score (nSPS) is 11.5. The van der Waals surface area contributed by atoms with E-state index < -0.39 is 11.7 Å². The smallest absolute Gasteiger partial charge is 0.416 e. The van der Waals surface area contributed by atoms with E-state index in [0.717, 1.165) is 35.7 Å². The molecule has 2 heterocycles. The Morgan fingerprint density at radius 1 is 1.00 bits per heavy atom. The number of halogens is 4. The standard InChI is InChI=1S/C21H22F3N2S.ClH/c1-3-15(4-2)16-9-11-26(12-10-16)13-19-14-27-20(25-19)17-5-7-18(8-6-17)21(22,23)24;/h5-12,14-15H,3-4,13H2,1-2H3;1H/q+1;/p-1. The molecule has 0 radical (unpaired) electrons. The SMILES string of the molecule is CCC(CC)c1cc[n+](Cc2csc(-c3ccc(C(F)(F)F)cc3)n2)cc1.[Cl-]. The van der Waals surface area contributed by atoms with E-state index in [-0.39, 0.29) is 12.4 Å². The summed E-state index contributed by atoms with van der Waals surface area (Å²) in [5.41, 5.74) is 2.31. The number of rotatable bonds is 6. The summed E-state index contributed by atoms with van der Waals surface area (Å²) in [6.07, 6.45) is 2.06. The lowest BCUT2D eigenvalue weighted by Gasteiger charge is -2.11. The third-order valence-corrected chi connectivity index (χ3v) is 5.67. The number of benzene rings is 1. The average Bonchev–Trinajstić information content (AvgIpc) is 3.12. The van der Waals surface area contributed by atoms with Gasteiger partial charge in [0.25, 0.3) is 0 Å². The van der Waals surface area contributed by atoms with E-state index in [1.54, 1.807) is 0 Å². The Balaban J connectivity index is 0.00000280. The average molecular weight is 427 g/mol. The molecule has 0 saturated carbocycles. The number of nitrogens with zero attached hydrogens (tertiary/aromatic N) is 2. The van der Waals surface area contributed by atoms with Crippen LogP contribution < -0.4 is 17.0 Å². The van der Waals surface area contributed by atoms with Crippen molar-refractivity contribution in [1.29, 1.82) is 0 Å². The molecule has 0 aliphatic heterocycles. The molecular weight excluding hydrogens is 405 g/mol. The lowest BCUT2D eigenvalue weighted by atomic mass is 9.95. The molecule has 0 amide bonds. The molecule has 0 saturated heterocycles. The Hall–Kier alpha value is -1.92. The van der Waals surface area contributed by atoms with Crippen LogP contribution in [0.2, 0.25) is 0 Å². The van der Waals surface area contributed by atoms with E-state index in [9.17, 15) is 13.2 Å². The second kappa shape index (κ2) is 9.52. The number of hydrogen-bond acceptors (Lipinski definition) is 2. The zero-order valence-electron chi connectivity index (χ0n) is 15.7.